The molecule has 0 saturated heterocycles. The number of ether oxygens (including phenoxy) is 2. The van der Waals surface area contributed by atoms with Gasteiger partial charge in [0.2, 0.25) is 11.7 Å². The summed E-state index contributed by atoms with van der Waals surface area (Å²) in [5, 5.41) is 13.5. The average Bonchev–Trinajstić information content (AvgIpc) is 3.14. The van der Waals surface area contributed by atoms with Crippen LogP contribution in [0.25, 0.3) is 11.1 Å². The second-order valence-electron chi connectivity index (χ2n) is 6.71. The molecule has 0 fully saturated rings. The number of methoxy groups -OCH3 is 1. The van der Waals surface area contributed by atoms with Gasteiger partial charge in [0.15, 0.2) is 0 Å². The van der Waals surface area contributed by atoms with Gasteiger partial charge in [-0.1, -0.05) is 12.1 Å². The molecule has 9 nitrogen and oxygen atoms in total. The minimum atomic E-state index is -3.00. The van der Waals surface area contributed by atoms with Crippen LogP contribution in [0.15, 0.2) is 48.7 Å². The lowest BCUT2D eigenvalue weighted by Gasteiger charge is -2.14. The first-order valence-corrected chi connectivity index (χ1v) is 9.48. The number of alkyl halides is 2. The van der Waals surface area contributed by atoms with Gasteiger partial charge in [-0.15, -0.1) is 0 Å². The molecule has 0 bridgehead atoms. The van der Waals surface area contributed by atoms with Crippen LogP contribution in [-0.2, 0) is 11.3 Å². The summed E-state index contributed by atoms with van der Waals surface area (Å²) in [4.78, 5) is 26.4. The fourth-order valence-electron chi connectivity index (χ4n) is 3.05. The van der Waals surface area contributed by atoms with Gasteiger partial charge in [0.05, 0.1) is 7.11 Å². The van der Waals surface area contributed by atoms with E-state index in [9.17, 15) is 23.7 Å². The van der Waals surface area contributed by atoms with Crippen molar-refractivity contribution in [1.82, 2.24) is 9.55 Å². The van der Waals surface area contributed by atoms with E-state index in [1.165, 1.54) is 36.1 Å². The van der Waals surface area contributed by atoms with Gasteiger partial charge in [-0.25, -0.2) is 0 Å². The van der Waals surface area contributed by atoms with Crippen molar-refractivity contribution in [3.63, 3.8) is 0 Å². The van der Waals surface area contributed by atoms with E-state index in [4.69, 9.17) is 4.74 Å². The Morgan fingerprint density at radius 1 is 1.25 bits per heavy atom. The molecule has 1 N–H and O–H groups in total. The number of aromatic nitrogens is 2. The van der Waals surface area contributed by atoms with Gasteiger partial charge < -0.3 is 29.5 Å². The van der Waals surface area contributed by atoms with Crippen molar-refractivity contribution < 1.29 is 28.0 Å². The summed E-state index contributed by atoms with van der Waals surface area (Å²) in [6.45, 7) is -1.21. The monoisotopic (exact) mass is 446 g/mol. The minimum absolute atomic E-state index is 0.0293. The standard InChI is InChI=1S/C21H20F2N4O5/c1-13-24-19(27(29)30)12-26(13)10-9-20(28)25-15-5-8-18(32-21(22)23)17(11-15)14-3-6-16(31-2)7-4-14/h3-8,11-12,21H,9-10H2,1-2H3,(H,25,28). The van der Waals surface area contributed by atoms with Crippen LogP contribution in [0, 0.1) is 17.0 Å². The van der Waals surface area contributed by atoms with Gasteiger partial charge in [0.1, 0.15) is 17.7 Å². The third-order valence-corrected chi connectivity index (χ3v) is 4.61. The number of aryl methyl sites for hydroxylation is 2. The topological polar surface area (TPSA) is 109 Å². The van der Waals surface area contributed by atoms with E-state index in [1.807, 2.05) is 0 Å². The number of imidazole rings is 1. The Balaban J connectivity index is 1.75. The minimum Gasteiger partial charge on any atom is -0.497 e. The van der Waals surface area contributed by atoms with E-state index in [0.29, 0.717) is 28.4 Å². The number of hydrogen-bond acceptors (Lipinski definition) is 6. The molecule has 3 rings (SSSR count). The molecule has 3 aromatic rings. The quantitative estimate of drug-likeness (QED) is 0.385. The Bertz CT molecular complexity index is 1120. The molecular weight excluding hydrogens is 426 g/mol. The number of nitrogens with zero attached hydrogens (tertiary/aromatic N) is 3. The molecular formula is C21H20F2N4O5. The van der Waals surface area contributed by atoms with Crippen molar-refractivity contribution >= 4 is 17.4 Å². The van der Waals surface area contributed by atoms with E-state index in [0.717, 1.165) is 0 Å². The van der Waals surface area contributed by atoms with Crippen LogP contribution in [0.4, 0.5) is 20.3 Å². The molecule has 0 radical (unpaired) electrons. The molecule has 168 valence electrons. The molecule has 32 heavy (non-hydrogen) atoms. The highest BCUT2D eigenvalue weighted by Crippen LogP contribution is 2.34. The number of carbonyl (C=O) groups excluding carboxylic acids is 1. The Morgan fingerprint density at radius 2 is 1.97 bits per heavy atom. The van der Waals surface area contributed by atoms with Crippen LogP contribution in [0.3, 0.4) is 0 Å². The van der Waals surface area contributed by atoms with Gasteiger partial charge in [-0.3, -0.25) is 4.79 Å². The predicted octanol–water partition coefficient (Wildman–Crippen LogP) is 4.41. The number of carbonyl (C=O) groups is 1. The van der Waals surface area contributed by atoms with Crippen LogP contribution in [0.1, 0.15) is 12.2 Å². The SMILES string of the molecule is COc1ccc(-c2cc(NC(=O)CCn3cc([N+](=O)[O-])nc3C)ccc2OC(F)F)cc1. The maximum atomic E-state index is 12.8. The number of hydrogen-bond donors (Lipinski definition) is 1. The van der Waals surface area contributed by atoms with E-state index in [-0.39, 0.29) is 30.4 Å². The molecule has 0 saturated carbocycles. The number of nitrogens with one attached hydrogen (secondary N) is 1. The summed E-state index contributed by atoms with van der Waals surface area (Å²) >= 11 is 0. The third-order valence-electron chi connectivity index (χ3n) is 4.61. The molecule has 0 unspecified atom stereocenters. The lowest BCUT2D eigenvalue weighted by molar-refractivity contribution is -0.389. The second-order valence-corrected chi connectivity index (χ2v) is 6.71. The van der Waals surface area contributed by atoms with Crippen LogP contribution < -0.4 is 14.8 Å². The van der Waals surface area contributed by atoms with Gasteiger partial charge in [-0.05, 0) is 45.8 Å². The number of benzene rings is 2. The molecule has 1 aromatic heterocycles. The van der Waals surface area contributed by atoms with Crippen LogP contribution in [0.5, 0.6) is 11.5 Å². The molecule has 2 aromatic carbocycles. The predicted molar refractivity (Wildman–Crippen MR) is 112 cm³/mol. The van der Waals surface area contributed by atoms with Gasteiger partial charge in [0, 0.05) is 31.1 Å². The summed E-state index contributed by atoms with van der Waals surface area (Å²) in [5.74, 6) is 0.333. The Hall–Kier alpha value is -4.02. The molecule has 0 aliphatic rings. The van der Waals surface area contributed by atoms with Gasteiger partial charge >= 0.3 is 12.4 Å². The summed E-state index contributed by atoms with van der Waals surface area (Å²) in [7, 11) is 1.51. The van der Waals surface area contributed by atoms with Crippen LogP contribution in [0.2, 0.25) is 0 Å². The van der Waals surface area contributed by atoms with Crippen molar-refractivity contribution in [2.45, 2.75) is 26.5 Å². The largest absolute Gasteiger partial charge is 0.497 e. The number of amides is 1. The maximum Gasteiger partial charge on any atom is 0.387 e. The van der Waals surface area contributed by atoms with E-state index < -0.39 is 11.5 Å². The molecule has 0 spiro atoms. The Kier molecular flexibility index (Phi) is 6.98. The zero-order chi connectivity index (χ0) is 23.3. The summed E-state index contributed by atoms with van der Waals surface area (Å²) in [5.41, 5.74) is 1.35. The smallest absolute Gasteiger partial charge is 0.387 e. The number of rotatable bonds is 9. The zero-order valence-corrected chi connectivity index (χ0v) is 17.2. The van der Waals surface area contributed by atoms with Crippen molar-refractivity contribution in [3.05, 3.63) is 64.6 Å². The second kappa shape index (κ2) is 9.86. The van der Waals surface area contributed by atoms with E-state index in [2.05, 4.69) is 15.0 Å². The maximum absolute atomic E-state index is 12.8. The molecule has 0 atom stereocenters. The normalized spacial score (nSPS) is 10.8. The molecule has 0 aliphatic carbocycles. The molecule has 1 amide bonds. The Morgan fingerprint density at radius 3 is 2.56 bits per heavy atom. The van der Waals surface area contributed by atoms with Crippen LogP contribution >= 0.6 is 0 Å². The summed E-state index contributed by atoms with van der Waals surface area (Å²) in [6, 6.07) is 11.1. The lowest BCUT2D eigenvalue weighted by atomic mass is 10.0. The lowest BCUT2D eigenvalue weighted by Crippen LogP contribution is -2.15. The highest BCUT2D eigenvalue weighted by atomic mass is 19.3. The van der Waals surface area contributed by atoms with E-state index in [1.54, 1.807) is 31.2 Å². The number of halogens is 2. The summed E-state index contributed by atoms with van der Waals surface area (Å²) in [6.07, 6.45) is 1.29. The Labute approximate surface area is 181 Å². The third kappa shape index (κ3) is 5.56. The highest BCUT2D eigenvalue weighted by molar-refractivity contribution is 5.92. The first-order valence-electron chi connectivity index (χ1n) is 9.48. The first kappa shape index (κ1) is 22.7. The number of nitro groups is 1. The van der Waals surface area contributed by atoms with Gasteiger partial charge in [0.25, 0.3) is 0 Å². The first-order chi connectivity index (χ1) is 15.3. The van der Waals surface area contributed by atoms with Crippen LogP contribution in [-0.4, -0.2) is 34.1 Å². The summed E-state index contributed by atoms with van der Waals surface area (Å²) < 4.78 is 36.9. The fourth-order valence-corrected chi connectivity index (χ4v) is 3.05. The van der Waals surface area contributed by atoms with Crippen molar-refractivity contribution in [1.29, 1.82) is 0 Å². The molecule has 1 heterocycles. The van der Waals surface area contributed by atoms with E-state index >= 15 is 0 Å². The van der Waals surface area contributed by atoms with Gasteiger partial charge in [-0.2, -0.15) is 8.78 Å². The zero-order valence-electron chi connectivity index (χ0n) is 17.2. The van der Waals surface area contributed by atoms with Crippen molar-refractivity contribution in [3.8, 4) is 22.6 Å². The number of anilines is 1. The fraction of sp³-hybridized carbons (Fsp3) is 0.238. The van der Waals surface area contributed by atoms with Crippen molar-refractivity contribution in [2.75, 3.05) is 12.4 Å². The molecule has 0 aliphatic heterocycles. The molecule has 11 heteroatoms. The highest BCUT2D eigenvalue weighted by Gasteiger charge is 2.17. The van der Waals surface area contributed by atoms with Crippen molar-refractivity contribution in [2.24, 2.45) is 0 Å². The average molecular weight is 446 g/mol.